The number of hydrogen-bond donors (Lipinski definition) is 1. The van der Waals surface area contributed by atoms with E-state index in [1.807, 2.05) is 31.2 Å². The summed E-state index contributed by atoms with van der Waals surface area (Å²) in [5, 5.41) is 15.1. The summed E-state index contributed by atoms with van der Waals surface area (Å²) in [5.74, 6) is 0. The second kappa shape index (κ2) is 6.29. The van der Waals surface area contributed by atoms with E-state index < -0.39 is 4.92 Å². The molecule has 0 aliphatic heterocycles. The number of rotatable bonds is 6. The number of nitrogens with one attached hydrogen (secondary N) is 1. The second-order valence-electron chi connectivity index (χ2n) is 4.62. The van der Waals surface area contributed by atoms with Crippen LogP contribution >= 0.6 is 0 Å². The Morgan fingerprint density at radius 1 is 1.45 bits per heavy atom. The lowest BCUT2D eigenvalue weighted by molar-refractivity contribution is -0.384. The first-order valence-corrected chi connectivity index (χ1v) is 6.41. The Morgan fingerprint density at radius 2 is 2.20 bits per heavy atom. The predicted octanol–water partition coefficient (Wildman–Crippen LogP) is 2.98. The fourth-order valence-corrected chi connectivity index (χ4v) is 2.03. The van der Waals surface area contributed by atoms with Crippen LogP contribution in [-0.2, 0) is 4.74 Å². The van der Waals surface area contributed by atoms with Gasteiger partial charge in [-0.3, -0.25) is 10.1 Å². The van der Waals surface area contributed by atoms with Crippen LogP contribution in [0.2, 0.25) is 0 Å². The molecule has 1 atom stereocenters. The van der Waals surface area contributed by atoms with E-state index in [9.17, 15) is 10.1 Å². The molecule has 0 fully saturated rings. The molecule has 2 aromatic rings. The molecule has 0 aliphatic carbocycles. The Kier molecular flexibility index (Phi) is 4.47. The monoisotopic (exact) mass is 275 g/mol. The van der Waals surface area contributed by atoms with Crippen molar-refractivity contribution in [1.29, 1.82) is 0 Å². The third-order valence-corrected chi connectivity index (χ3v) is 3.10. The fourth-order valence-electron chi connectivity index (χ4n) is 2.03. The molecule has 0 saturated heterocycles. The molecule has 2 rings (SSSR count). The van der Waals surface area contributed by atoms with Crippen LogP contribution in [0.15, 0.2) is 30.5 Å². The average Bonchev–Trinajstić information content (AvgIpc) is 2.45. The van der Waals surface area contributed by atoms with Crippen molar-refractivity contribution in [3.05, 3.63) is 40.6 Å². The van der Waals surface area contributed by atoms with E-state index in [1.54, 1.807) is 7.11 Å². The Balaban J connectivity index is 2.41. The summed E-state index contributed by atoms with van der Waals surface area (Å²) in [6.45, 7) is 2.57. The number of nitro groups is 1. The van der Waals surface area contributed by atoms with Crippen molar-refractivity contribution < 1.29 is 9.66 Å². The molecule has 6 nitrogen and oxygen atoms in total. The summed E-state index contributed by atoms with van der Waals surface area (Å²) < 4.78 is 5.03. The SMILES string of the molecule is COCCC(C)Nc1c([N+](=O)[O-])cnc2ccccc12. The van der Waals surface area contributed by atoms with Crippen molar-refractivity contribution in [2.24, 2.45) is 0 Å². The zero-order valence-corrected chi connectivity index (χ0v) is 11.5. The molecule has 0 bridgehead atoms. The van der Waals surface area contributed by atoms with Gasteiger partial charge in [-0.1, -0.05) is 18.2 Å². The minimum Gasteiger partial charge on any atom is -0.385 e. The minimum atomic E-state index is -0.412. The van der Waals surface area contributed by atoms with Gasteiger partial charge in [0.1, 0.15) is 11.9 Å². The minimum absolute atomic E-state index is 0.00651. The lowest BCUT2D eigenvalue weighted by Crippen LogP contribution is -2.18. The molecular weight excluding hydrogens is 258 g/mol. The first-order chi connectivity index (χ1) is 9.63. The van der Waals surface area contributed by atoms with E-state index >= 15 is 0 Å². The third kappa shape index (κ3) is 3.03. The molecule has 1 aromatic carbocycles. The molecule has 0 amide bonds. The zero-order valence-electron chi connectivity index (χ0n) is 11.5. The number of para-hydroxylation sites is 1. The maximum Gasteiger partial charge on any atom is 0.311 e. The van der Waals surface area contributed by atoms with Gasteiger partial charge < -0.3 is 10.1 Å². The van der Waals surface area contributed by atoms with Crippen molar-refractivity contribution in [2.75, 3.05) is 19.0 Å². The normalized spacial score (nSPS) is 12.3. The molecule has 1 aromatic heterocycles. The Labute approximate surface area is 116 Å². The van der Waals surface area contributed by atoms with E-state index in [0.29, 0.717) is 12.3 Å². The van der Waals surface area contributed by atoms with Crippen molar-refractivity contribution in [3.8, 4) is 0 Å². The molecule has 1 N–H and O–H groups in total. The number of hydrogen-bond acceptors (Lipinski definition) is 5. The topological polar surface area (TPSA) is 77.3 Å². The van der Waals surface area contributed by atoms with Crippen LogP contribution in [0.5, 0.6) is 0 Å². The summed E-state index contributed by atoms with van der Waals surface area (Å²) in [5.41, 5.74) is 1.25. The first kappa shape index (κ1) is 14.2. The maximum atomic E-state index is 11.2. The Hall–Kier alpha value is -2.21. The molecule has 106 valence electrons. The fraction of sp³-hybridized carbons (Fsp3) is 0.357. The number of aromatic nitrogens is 1. The van der Waals surface area contributed by atoms with Gasteiger partial charge in [0.15, 0.2) is 0 Å². The number of anilines is 1. The molecular formula is C14H17N3O3. The zero-order chi connectivity index (χ0) is 14.5. The van der Waals surface area contributed by atoms with Crippen LogP contribution in [0.4, 0.5) is 11.4 Å². The highest BCUT2D eigenvalue weighted by molar-refractivity contribution is 5.95. The van der Waals surface area contributed by atoms with Gasteiger partial charge >= 0.3 is 5.69 Å². The van der Waals surface area contributed by atoms with Gasteiger partial charge in [-0.25, -0.2) is 4.98 Å². The standard InChI is InChI=1S/C14H17N3O3/c1-10(7-8-20-2)16-14-11-5-3-4-6-12(11)15-9-13(14)17(18)19/h3-6,9-10H,7-8H2,1-2H3,(H,15,16). The van der Waals surface area contributed by atoms with Gasteiger partial charge in [-0.15, -0.1) is 0 Å². The second-order valence-corrected chi connectivity index (χ2v) is 4.62. The summed E-state index contributed by atoms with van der Waals surface area (Å²) in [6, 6.07) is 7.45. The Bertz CT molecular complexity index is 616. The maximum absolute atomic E-state index is 11.2. The smallest absolute Gasteiger partial charge is 0.311 e. The molecule has 20 heavy (non-hydrogen) atoms. The predicted molar refractivity (Wildman–Crippen MR) is 78.0 cm³/mol. The van der Waals surface area contributed by atoms with E-state index in [-0.39, 0.29) is 11.7 Å². The van der Waals surface area contributed by atoms with Gasteiger partial charge in [0.25, 0.3) is 0 Å². The molecule has 6 heteroatoms. The van der Waals surface area contributed by atoms with Crippen molar-refractivity contribution in [1.82, 2.24) is 4.98 Å². The number of ether oxygens (including phenoxy) is 1. The summed E-state index contributed by atoms with van der Waals surface area (Å²) >= 11 is 0. The van der Waals surface area contributed by atoms with Crippen LogP contribution in [0, 0.1) is 10.1 Å². The lowest BCUT2D eigenvalue weighted by Gasteiger charge is -2.16. The third-order valence-electron chi connectivity index (χ3n) is 3.10. The van der Waals surface area contributed by atoms with Crippen LogP contribution in [0.25, 0.3) is 10.9 Å². The van der Waals surface area contributed by atoms with Crippen molar-refractivity contribution in [2.45, 2.75) is 19.4 Å². The van der Waals surface area contributed by atoms with E-state index in [1.165, 1.54) is 6.20 Å². The highest BCUT2D eigenvalue weighted by Crippen LogP contribution is 2.32. The molecule has 0 aliphatic rings. The van der Waals surface area contributed by atoms with E-state index in [0.717, 1.165) is 17.3 Å². The lowest BCUT2D eigenvalue weighted by atomic mass is 10.1. The van der Waals surface area contributed by atoms with Crippen molar-refractivity contribution in [3.63, 3.8) is 0 Å². The van der Waals surface area contributed by atoms with Gasteiger partial charge in [0, 0.05) is 25.1 Å². The van der Waals surface area contributed by atoms with Gasteiger partial charge in [-0.2, -0.15) is 0 Å². The average molecular weight is 275 g/mol. The summed E-state index contributed by atoms with van der Waals surface area (Å²) in [7, 11) is 1.64. The van der Waals surface area contributed by atoms with Gasteiger partial charge in [-0.05, 0) is 19.4 Å². The summed E-state index contributed by atoms with van der Waals surface area (Å²) in [4.78, 5) is 14.9. The van der Waals surface area contributed by atoms with Crippen LogP contribution in [0.1, 0.15) is 13.3 Å². The number of benzene rings is 1. The molecule has 0 saturated carbocycles. The van der Waals surface area contributed by atoms with E-state index in [2.05, 4.69) is 10.3 Å². The van der Waals surface area contributed by atoms with Gasteiger partial charge in [0.2, 0.25) is 0 Å². The first-order valence-electron chi connectivity index (χ1n) is 6.41. The largest absolute Gasteiger partial charge is 0.385 e. The van der Waals surface area contributed by atoms with Gasteiger partial charge in [0.05, 0.1) is 10.4 Å². The molecule has 0 spiro atoms. The molecule has 0 radical (unpaired) electrons. The number of nitrogens with zero attached hydrogens (tertiary/aromatic N) is 2. The van der Waals surface area contributed by atoms with E-state index in [4.69, 9.17) is 4.74 Å². The number of pyridine rings is 1. The van der Waals surface area contributed by atoms with Crippen LogP contribution < -0.4 is 5.32 Å². The highest BCUT2D eigenvalue weighted by atomic mass is 16.6. The molecule has 1 unspecified atom stereocenters. The number of methoxy groups -OCH3 is 1. The van der Waals surface area contributed by atoms with Crippen LogP contribution in [0.3, 0.4) is 0 Å². The highest BCUT2D eigenvalue weighted by Gasteiger charge is 2.19. The summed E-state index contributed by atoms with van der Waals surface area (Å²) in [6.07, 6.45) is 2.07. The Morgan fingerprint density at radius 3 is 2.90 bits per heavy atom. The number of fused-ring (bicyclic) bond motifs is 1. The van der Waals surface area contributed by atoms with Crippen LogP contribution in [-0.4, -0.2) is 29.7 Å². The van der Waals surface area contributed by atoms with Crippen molar-refractivity contribution >= 4 is 22.3 Å². The molecule has 1 heterocycles. The quantitative estimate of drug-likeness (QED) is 0.647.